The van der Waals surface area contributed by atoms with E-state index in [0.29, 0.717) is 11.1 Å². The van der Waals surface area contributed by atoms with Gasteiger partial charge < -0.3 is 9.15 Å². The van der Waals surface area contributed by atoms with Gasteiger partial charge in [-0.3, -0.25) is 4.68 Å². The molecule has 0 fully saturated rings. The third-order valence-electron chi connectivity index (χ3n) is 4.28. The number of halogens is 2. The average Bonchev–Trinajstić information content (AvgIpc) is 3.18. The number of hydrogen-bond donors (Lipinski definition) is 0. The zero-order valence-corrected chi connectivity index (χ0v) is 14.6. The van der Waals surface area contributed by atoms with Crippen molar-refractivity contribution >= 4 is 11.0 Å². The van der Waals surface area contributed by atoms with Crippen LogP contribution in [0.3, 0.4) is 0 Å². The third kappa shape index (κ3) is 3.81. The largest absolute Gasteiger partial charge is 0.422 e. The van der Waals surface area contributed by atoms with Crippen LogP contribution in [-0.4, -0.2) is 14.8 Å². The van der Waals surface area contributed by atoms with Gasteiger partial charge in [-0.05, 0) is 18.2 Å². The highest BCUT2D eigenvalue weighted by atomic mass is 19.1. The van der Waals surface area contributed by atoms with Crippen LogP contribution in [0.2, 0.25) is 0 Å². The highest BCUT2D eigenvalue weighted by Crippen LogP contribution is 2.24. The van der Waals surface area contributed by atoms with E-state index in [2.05, 4.69) is 10.1 Å². The van der Waals surface area contributed by atoms with Gasteiger partial charge in [-0.15, -0.1) is 0 Å². The van der Waals surface area contributed by atoms with Crippen molar-refractivity contribution in [3.8, 4) is 0 Å². The molecule has 2 heterocycles. The van der Waals surface area contributed by atoms with Crippen molar-refractivity contribution in [2.75, 3.05) is 0 Å². The minimum Gasteiger partial charge on any atom is -0.422 e. The van der Waals surface area contributed by atoms with Crippen LogP contribution in [0, 0.1) is 11.6 Å². The molecule has 4 rings (SSSR count). The van der Waals surface area contributed by atoms with Gasteiger partial charge in [-0.1, -0.05) is 24.3 Å². The lowest BCUT2D eigenvalue weighted by Gasteiger charge is -2.19. The fraction of sp³-hybridized carbons (Fsp3) is 0.150. The molecule has 0 aliphatic rings. The summed E-state index contributed by atoms with van der Waals surface area (Å²) >= 11 is 0. The maximum Gasteiger partial charge on any atom is 0.341 e. The highest BCUT2D eigenvalue weighted by molar-refractivity contribution is 5.76. The summed E-state index contributed by atoms with van der Waals surface area (Å²) in [6.45, 7) is 0.0326. The summed E-state index contributed by atoms with van der Waals surface area (Å²) in [6, 6.07) is 12.0. The first-order valence-electron chi connectivity index (χ1n) is 8.51. The van der Waals surface area contributed by atoms with Crippen molar-refractivity contribution in [1.82, 2.24) is 14.8 Å². The first-order chi connectivity index (χ1) is 13.6. The Morgan fingerprint density at radius 3 is 2.79 bits per heavy atom. The summed E-state index contributed by atoms with van der Waals surface area (Å²) in [5, 5.41) is 4.74. The molecule has 6 nitrogen and oxygen atoms in total. The van der Waals surface area contributed by atoms with Crippen LogP contribution in [0.4, 0.5) is 8.78 Å². The van der Waals surface area contributed by atoms with E-state index < -0.39 is 23.4 Å². The molecule has 1 atom stereocenters. The van der Waals surface area contributed by atoms with Gasteiger partial charge in [-0.25, -0.2) is 18.6 Å². The van der Waals surface area contributed by atoms with Gasteiger partial charge in [0.25, 0.3) is 0 Å². The van der Waals surface area contributed by atoms with E-state index >= 15 is 0 Å². The molecule has 8 heteroatoms. The van der Waals surface area contributed by atoms with Crippen molar-refractivity contribution in [3.05, 3.63) is 94.4 Å². The van der Waals surface area contributed by atoms with E-state index in [-0.39, 0.29) is 18.7 Å². The van der Waals surface area contributed by atoms with Crippen LogP contribution in [0.5, 0.6) is 0 Å². The Kier molecular flexibility index (Phi) is 4.94. The van der Waals surface area contributed by atoms with Crippen LogP contribution in [0.25, 0.3) is 11.0 Å². The van der Waals surface area contributed by atoms with Gasteiger partial charge in [-0.2, -0.15) is 5.10 Å². The average molecular weight is 383 g/mol. The lowest BCUT2D eigenvalue weighted by Crippen LogP contribution is -2.17. The maximum atomic E-state index is 14.3. The molecule has 142 valence electrons. The fourth-order valence-corrected chi connectivity index (χ4v) is 2.90. The SMILES string of the molecule is O=c1oc2ccccc2cc1COC(Cn1cncn1)c1ccc(F)cc1F. The monoisotopic (exact) mass is 383 g/mol. The Hall–Kier alpha value is -3.39. The van der Waals surface area contributed by atoms with Gasteiger partial charge in [0.2, 0.25) is 0 Å². The van der Waals surface area contributed by atoms with Gasteiger partial charge in [0.05, 0.1) is 18.7 Å². The molecule has 0 aliphatic carbocycles. The summed E-state index contributed by atoms with van der Waals surface area (Å²) in [5.41, 5.74) is 0.393. The predicted octanol–water partition coefficient (Wildman–Crippen LogP) is 3.62. The Morgan fingerprint density at radius 2 is 2.00 bits per heavy atom. The van der Waals surface area contributed by atoms with Gasteiger partial charge in [0, 0.05) is 17.0 Å². The molecule has 4 aromatic rings. The van der Waals surface area contributed by atoms with Crippen molar-refractivity contribution in [3.63, 3.8) is 0 Å². The minimum absolute atomic E-state index is 0.108. The molecule has 28 heavy (non-hydrogen) atoms. The van der Waals surface area contributed by atoms with E-state index in [1.165, 1.54) is 23.4 Å². The van der Waals surface area contributed by atoms with Crippen LogP contribution < -0.4 is 5.63 Å². The normalized spacial score (nSPS) is 12.4. The van der Waals surface area contributed by atoms with E-state index in [1.54, 1.807) is 18.2 Å². The molecular weight excluding hydrogens is 368 g/mol. The Morgan fingerprint density at radius 1 is 1.14 bits per heavy atom. The van der Waals surface area contributed by atoms with Crippen molar-refractivity contribution in [2.45, 2.75) is 19.3 Å². The second-order valence-electron chi connectivity index (χ2n) is 6.18. The molecule has 0 radical (unpaired) electrons. The zero-order valence-electron chi connectivity index (χ0n) is 14.6. The number of ether oxygens (including phenoxy) is 1. The summed E-state index contributed by atoms with van der Waals surface area (Å²) < 4.78 is 40.2. The molecule has 0 spiro atoms. The molecule has 2 aromatic carbocycles. The highest BCUT2D eigenvalue weighted by Gasteiger charge is 2.19. The fourth-order valence-electron chi connectivity index (χ4n) is 2.90. The molecule has 0 N–H and O–H groups in total. The van der Waals surface area contributed by atoms with Crippen molar-refractivity contribution in [2.24, 2.45) is 0 Å². The summed E-state index contributed by atoms with van der Waals surface area (Å²) in [6.07, 6.45) is 1.99. The molecule has 1 unspecified atom stereocenters. The van der Waals surface area contributed by atoms with E-state index in [1.807, 2.05) is 12.1 Å². The standard InChI is InChI=1S/C20H15F2N3O3/c21-15-5-6-16(17(22)8-15)19(9-25-12-23-11-24-25)27-10-14-7-13-3-1-2-4-18(13)28-20(14)26/h1-8,11-12,19H,9-10H2. The van der Waals surface area contributed by atoms with Gasteiger partial charge in [0.1, 0.15) is 36.0 Å². The number of rotatable bonds is 6. The van der Waals surface area contributed by atoms with Gasteiger partial charge in [0.15, 0.2) is 0 Å². The second-order valence-corrected chi connectivity index (χ2v) is 6.18. The molecule has 0 bridgehead atoms. The number of benzene rings is 2. The number of fused-ring (bicyclic) bond motifs is 1. The summed E-state index contributed by atoms with van der Waals surface area (Å²) in [4.78, 5) is 16.1. The number of nitrogens with zero attached hydrogens (tertiary/aromatic N) is 3. The summed E-state index contributed by atoms with van der Waals surface area (Å²) in [7, 11) is 0. The Balaban J connectivity index is 1.62. The zero-order chi connectivity index (χ0) is 19.5. The number of aromatic nitrogens is 3. The first-order valence-corrected chi connectivity index (χ1v) is 8.51. The van der Waals surface area contributed by atoms with E-state index in [0.717, 1.165) is 17.5 Å². The first kappa shape index (κ1) is 18.0. The van der Waals surface area contributed by atoms with Crippen molar-refractivity contribution in [1.29, 1.82) is 0 Å². The number of hydrogen-bond acceptors (Lipinski definition) is 5. The summed E-state index contributed by atoms with van der Waals surface area (Å²) in [5.74, 6) is -1.42. The Bertz CT molecular complexity index is 1160. The van der Waals surface area contributed by atoms with E-state index in [9.17, 15) is 13.6 Å². The van der Waals surface area contributed by atoms with Crippen LogP contribution in [0.15, 0.2) is 70.4 Å². The second kappa shape index (κ2) is 7.69. The van der Waals surface area contributed by atoms with Crippen molar-refractivity contribution < 1.29 is 17.9 Å². The minimum atomic E-state index is -0.812. The smallest absolute Gasteiger partial charge is 0.341 e. The molecular formula is C20H15F2N3O3. The predicted molar refractivity (Wildman–Crippen MR) is 96.4 cm³/mol. The molecule has 2 aromatic heterocycles. The third-order valence-corrected chi connectivity index (χ3v) is 4.28. The lowest BCUT2D eigenvalue weighted by molar-refractivity contribution is 0.0221. The number of para-hydroxylation sites is 1. The quantitative estimate of drug-likeness (QED) is 0.476. The van der Waals surface area contributed by atoms with E-state index in [4.69, 9.17) is 9.15 Å². The van der Waals surface area contributed by atoms with Crippen LogP contribution in [-0.2, 0) is 17.9 Å². The Labute approximate surface area is 158 Å². The molecule has 0 saturated carbocycles. The molecule has 0 aliphatic heterocycles. The topological polar surface area (TPSA) is 70.2 Å². The lowest BCUT2D eigenvalue weighted by atomic mass is 10.1. The van der Waals surface area contributed by atoms with Gasteiger partial charge >= 0.3 is 5.63 Å². The molecule has 0 amide bonds. The maximum absolute atomic E-state index is 14.3. The van der Waals surface area contributed by atoms with Crippen LogP contribution >= 0.6 is 0 Å². The molecule has 0 saturated heterocycles. The van der Waals surface area contributed by atoms with Crippen LogP contribution in [0.1, 0.15) is 17.2 Å².